The number of benzene rings is 2. The fourth-order valence-corrected chi connectivity index (χ4v) is 5.35. The first kappa shape index (κ1) is 23.4. The minimum Gasteiger partial charge on any atom is -0.349 e. The van der Waals surface area contributed by atoms with E-state index < -0.39 is 11.6 Å². The first-order valence-corrected chi connectivity index (χ1v) is 12.1. The second kappa shape index (κ2) is 10.9. The fourth-order valence-electron chi connectivity index (χ4n) is 5.35. The van der Waals surface area contributed by atoms with E-state index in [0.29, 0.717) is 23.0 Å². The quantitative estimate of drug-likeness (QED) is 0.594. The van der Waals surface area contributed by atoms with Crippen LogP contribution in [0.5, 0.6) is 0 Å². The number of nitrogens with one attached hydrogen (secondary N) is 2. The van der Waals surface area contributed by atoms with Gasteiger partial charge in [-0.2, -0.15) is 0 Å². The third kappa shape index (κ3) is 6.62. The Morgan fingerprint density at radius 1 is 0.667 bits per heavy atom. The van der Waals surface area contributed by atoms with Gasteiger partial charge in [0.2, 0.25) is 0 Å². The maximum Gasteiger partial charge on any atom is 0.251 e. The summed E-state index contributed by atoms with van der Waals surface area (Å²) < 4.78 is 26.7. The molecule has 6 heteroatoms. The number of carbonyl (C=O) groups is 2. The van der Waals surface area contributed by atoms with Gasteiger partial charge in [-0.1, -0.05) is 12.1 Å². The zero-order valence-electron chi connectivity index (χ0n) is 18.9. The van der Waals surface area contributed by atoms with E-state index in [0.717, 1.165) is 51.4 Å². The van der Waals surface area contributed by atoms with Crippen LogP contribution in [0.25, 0.3) is 0 Å². The largest absolute Gasteiger partial charge is 0.349 e. The zero-order chi connectivity index (χ0) is 23.2. The van der Waals surface area contributed by atoms with Gasteiger partial charge in [0, 0.05) is 23.2 Å². The molecule has 4 rings (SSSR count). The van der Waals surface area contributed by atoms with Gasteiger partial charge in [0.05, 0.1) is 0 Å². The lowest BCUT2D eigenvalue weighted by Gasteiger charge is -2.34. The van der Waals surface area contributed by atoms with E-state index in [1.807, 2.05) is 0 Å². The summed E-state index contributed by atoms with van der Waals surface area (Å²) in [5, 5.41) is 6.12. The molecule has 0 radical (unpaired) electrons. The van der Waals surface area contributed by atoms with Crippen LogP contribution in [0.1, 0.15) is 78.5 Å². The number of hydrogen-bond donors (Lipinski definition) is 2. The molecule has 2 N–H and O–H groups in total. The molecule has 0 aromatic heterocycles. The van der Waals surface area contributed by atoms with E-state index >= 15 is 0 Å². The van der Waals surface area contributed by atoms with Gasteiger partial charge in [-0.15, -0.1) is 0 Å². The van der Waals surface area contributed by atoms with Crippen LogP contribution in [-0.2, 0) is 0 Å². The van der Waals surface area contributed by atoms with Crippen LogP contribution in [-0.4, -0.2) is 23.9 Å². The van der Waals surface area contributed by atoms with Crippen molar-refractivity contribution in [3.63, 3.8) is 0 Å². The maximum absolute atomic E-state index is 13.3. The molecule has 2 amide bonds. The molecule has 0 saturated heterocycles. The van der Waals surface area contributed by atoms with Crippen LogP contribution >= 0.6 is 0 Å². The molecule has 4 nitrogen and oxygen atoms in total. The summed E-state index contributed by atoms with van der Waals surface area (Å²) in [5.74, 6) is 0.170. The summed E-state index contributed by atoms with van der Waals surface area (Å²) in [6.07, 6.45) is 9.46. The topological polar surface area (TPSA) is 58.2 Å². The van der Waals surface area contributed by atoms with Crippen molar-refractivity contribution in [3.05, 3.63) is 71.3 Å². The standard InChI is InChI=1S/C27H32F2N2O2/c28-22-5-1-3-20(16-22)26(32)30-24-11-7-18(8-12-24)15-19-9-13-25(14-10-19)31-27(33)21-4-2-6-23(29)17-21/h1-6,16-19,24-25H,7-15H2,(H,30,32)(H,31,33). The molecule has 0 aliphatic heterocycles. The molecule has 2 aromatic carbocycles. The fraction of sp³-hybridized carbons (Fsp3) is 0.481. The van der Waals surface area contributed by atoms with E-state index in [9.17, 15) is 18.4 Å². The normalized spacial score (nSPS) is 25.3. The monoisotopic (exact) mass is 454 g/mol. The van der Waals surface area contributed by atoms with E-state index in [1.54, 1.807) is 24.3 Å². The van der Waals surface area contributed by atoms with Crippen LogP contribution in [0.2, 0.25) is 0 Å². The zero-order valence-corrected chi connectivity index (χ0v) is 18.9. The first-order chi connectivity index (χ1) is 16.0. The number of amides is 2. The van der Waals surface area contributed by atoms with Crippen LogP contribution in [0.15, 0.2) is 48.5 Å². The van der Waals surface area contributed by atoms with Crippen LogP contribution < -0.4 is 10.6 Å². The molecule has 0 atom stereocenters. The minimum atomic E-state index is -0.394. The lowest BCUT2D eigenvalue weighted by molar-refractivity contribution is 0.0917. The molecule has 0 unspecified atom stereocenters. The highest BCUT2D eigenvalue weighted by atomic mass is 19.1. The number of hydrogen-bond acceptors (Lipinski definition) is 2. The summed E-state index contributed by atoms with van der Waals surface area (Å²) in [7, 11) is 0. The molecular weight excluding hydrogens is 422 g/mol. The lowest BCUT2D eigenvalue weighted by atomic mass is 9.75. The Balaban J connectivity index is 1.15. The highest BCUT2D eigenvalue weighted by Crippen LogP contribution is 2.35. The van der Waals surface area contributed by atoms with Gasteiger partial charge in [0.25, 0.3) is 11.8 Å². The van der Waals surface area contributed by atoms with Crippen molar-refractivity contribution in [1.82, 2.24) is 10.6 Å². The Kier molecular flexibility index (Phi) is 7.73. The molecule has 2 aliphatic carbocycles. The molecule has 33 heavy (non-hydrogen) atoms. The van der Waals surface area contributed by atoms with Crippen molar-refractivity contribution in [2.75, 3.05) is 0 Å². The summed E-state index contributed by atoms with van der Waals surface area (Å²) >= 11 is 0. The average molecular weight is 455 g/mol. The van der Waals surface area contributed by atoms with Crippen molar-refractivity contribution >= 4 is 11.8 Å². The van der Waals surface area contributed by atoms with Crippen molar-refractivity contribution < 1.29 is 18.4 Å². The van der Waals surface area contributed by atoms with Gasteiger partial charge >= 0.3 is 0 Å². The summed E-state index contributed by atoms with van der Waals surface area (Å²) in [6, 6.07) is 11.9. The number of carbonyl (C=O) groups excluding carboxylic acids is 2. The van der Waals surface area contributed by atoms with Gasteiger partial charge in [0.15, 0.2) is 0 Å². The summed E-state index contributed by atoms with van der Waals surface area (Å²) in [6.45, 7) is 0. The Morgan fingerprint density at radius 2 is 1.06 bits per heavy atom. The van der Waals surface area contributed by atoms with Crippen molar-refractivity contribution in [3.8, 4) is 0 Å². The maximum atomic E-state index is 13.3. The van der Waals surface area contributed by atoms with Crippen molar-refractivity contribution in [2.24, 2.45) is 11.8 Å². The van der Waals surface area contributed by atoms with Gasteiger partial charge < -0.3 is 10.6 Å². The van der Waals surface area contributed by atoms with Crippen molar-refractivity contribution in [2.45, 2.75) is 69.9 Å². The summed E-state index contributed by atoms with van der Waals surface area (Å²) in [5.41, 5.74) is 0.747. The first-order valence-electron chi connectivity index (χ1n) is 12.1. The highest BCUT2D eigenvalue weighted by Gasteiger charge is 2.28. The van der Waals surface area contributed by atoms with Crippen LogP contribution in [0.3, 0.4) is 0 Å². The van der Waals surface area contributed by atoms with E-state index in [2.05, 4.69) is 10.6 Å². The van der Waals surface area contributed by atoms with Gasteiger partial charge in [-0.25, -0.2) is 8.78 Å². The Bertz CT molecular complexity index is 887. The van der Waals surface area contributed by atoms with Crippen LogP contribution in [0.4, 0.5) is 8.78 Å². The SMILES string of the molecule is O=C(NC1CCC(CC2CCC(NC(=O)c3cccc(F)c3)CC2)CC1)c1cccc(F)c1. The second-order valence-electron chi connectivity index (χ2n) is 9.64. The van der Waals surface area contributed by atoms with Gasteiger partial charge in [-0.3, -0.25) is 9.59 Å². The Labute approximate surface area is 194 Å². The molecule has 2 aromatic rings. The number of halogens is 2. The smallest absolute Gasteiger partial charge is 0.251 e. The molecule has 0 heterocycles. The second-order valence-corrected chi connectivity index (χ2v) is 9.64. The lowest BCUT2D eigenvalue weighted by Crippen LogP contribution is -2.39. The van der Waals surface area contributed by atoms with E-state index in [4.69, 9.17) is 0 Å². The average Bonchev–Trinajstić information content (AvgIpc) is 2.81. The molecule has 2 aliphatic rings. The van der Waals surface area contributed by atoms with E-state index in [1.165, 1.54) is 30.7 Å². The third-order valence-corrected chi connectivity index (χ3v) is 7.20. The predicted molar refractivity (Wildman–Crippen MR) is 124 cm³/mol. The Morgan fingerprint density at radius 3 is 1.42 bits per heavy atom. The minimum absolute atomic E-state index is 0.158. The van der Waals surface area contributed by atoms with Gasteiger partial charge in [0.1, 0.15) is 11.6 Å². The molecule has 2 saturated carbocycles. The van der Waals surface area contributed by atoms with Crippen LogP contribution in [0, 0.1) is 23.5 Å². The summed E-state index contributed by atoms with van der Waals surface area (Å²) in [4.78, 5) is 24.7. The predicted octanol–water partition coefficient (Wildman–Crippen LogP) is 5.63. The molecule has 0 spiro atoms. The third-order valence-electron chi connectivity index (χ3n) is 7.20. The Hall–Kier alpha value is -2.76. The molecule has 176 valence electrons. The molecule has 0 bridgehead atoms. The molecular formula is C27H32F2N2O2. The van der Waals surface area contributed by atoms with E-state index in [-0.39, 0.29) is 23.9 Å². The van der Waals surface area contributed by atoms with Gasteiger partial charge in [-0.05, 0) is 106 Å². The number of rotatable bonds is 6. The highest BCUT2D eigenvalue weighted by molar-refractivity contribution is 5.94. The molecule has 2 fully saturated rings. The van der Waals surface area contributed by atoms with Crippen molar-refractivity contribution in [1.29, 1.82) is 0 Å².